The second-order valence-electron chi connectivity index (χ2n) is 7.58. The van der Waals surface area contributed by atoms with Gasteiger partial charge in [-0.2, -0.15) is 0 Å². The molecule has 2 aromatic carbocycles. The smallest absolute Gasteiger partial charge is 0.328 e. The fourth-order valence-electron chi connectivity index (χ4n) is 3.07. The number of benzene rings is 2. The van der Waals surface area contributed by atoms with E-state index in [1.54, 1.807) is 36.4 Å². The zero-order valence-electron chi connectivity index (χ0n) is 20.2. The Kier molecular flexibility index (Phi) is 10.8. The van der Waals surface area contributed by atoms with Crippen molar-refractivity contribution in [2.75, 3.05) is 13.7 Å². The maximum Gasteiger partial charge on any atom is 0.328 e. The predicted molar refractivity (Wildman–Crippen MR) is 130 cm³/mol. The van der Waals surface area contributed by atoms with Crippen molar-refractivity contribution in [3.8, 4) is 11.5 Å². The van der Waals surface area contributed by atoms with E-state index in [2.05, 4.69) is 10.6 Å². The molecule has 0 saturated carbocycles. The van der Waals surface area contributed by atoms with Gasteiger partial charge in [0, 0.05) is 32.0 Å². The Labute approximate surface area is 208 Å². The van der Waals surface area contributed by atoms with E-state index < -0.39 is 35.8 Å². The van der Waals surface area contributed by atoms with Crippen LogP contribution in [-0.4, -0.2) is 49.4 Å². The van der Waals surface area contributed by atoms with Gasteiger partial charge in [0.2, 0.25) is 5.91 Å². The lowest BCUT2D eigenvalue weighted by molar-refractivity contribution is -0.143. The van der Waals surface area contributed by atoms with E-state index in [4.69, 9.17) is 14.2 Å². The van der Waals surface area contributed by atoms with Gasteiger partial charge in [-0.1, -0.05) is 24.3 Å². The Balaban J connectivity index is 1.89. The number of carbonyl (C=O) groups excluding carboxylic acids is 5. The first kappa shape index (κ1) is 27.8. The van der Waals surface area contributed by atoms with E-state index in [1.165, 1.54) is 45.2 Å². The summed E-state index contributed by atoms with van der Waals surface area (Å²) in [5, 5.41) is 5.34. The average molecular weight is 497 g/mol. The number of hydrogen-bond acceptors (Lipinski definition) is 8. The summed E-state index contributed by atoms with van der Waals surface area (Å²) in [5.41, 5.74) is 0.953. The van der Waals surface area contributed by atoms with Gasteiger partial charge in [-0.15, -0.1) is 0 Å². The molecule has 2 aromatic rings. The number of amides is 2. The van der Waals surface area contributed by atoms with Crippen LogP contribution in [0.1, 0.15) is 42.6 Å². The SMILES string of the molecule is COC(=O)[C@H](CCCNC(=O)/C=C/c1ccc(OC(C)=O)c(OC(C)=O)c1)NC(=O)c1ccccc1. The number of esters is 3. The zero-order valence-corrected chi connectivity index (χ0v) is 20.2. The number of methoxy groups -OCH3 is 1. The van der Waals surface area contributed by atoms with Crippen LogP contribution in [0.2, 0.25) is 0 Å². The van der Waals surface area contributed by atoms with Crippen LogP contribution < -0.4 is 20.1 Å². The minimum absolute atomic E-state index is 0.0478. The predicted octanol–water partition coefficient (Wildman–Crippen LogP) is 2.42. The van der Waals surface area contributed by atoms with E-state index in [-0.39, 0.29) is 24.5 Å². The molecule has 0 spiro atoms. The first-order valence-corrected chi connectivity index (χ1v) is 11.1. The molecule has 0 unspecified atom stereocenters. The van der Waals surface area contributed by atoms with Crippen molar-refractivity contribution in [2.45, 2.75) is 32.7 Å². The molecule has 2 N–H and O–H groups in total. The molecule has 190 valence electrons. The molecule has 36 heavy (non-hydrogen) atoms. The molecule has 2 rings (SSSR count). The van der Waals surface area contributed by atoms with Crippen molar-refractivity contribution in [3.05, 3.63) is 65.7 Å². The van der Waals surface area contributed by atoms with Crippen LogP contribution in [-0.2, 0) is 23.9 Å². The number of nitrogens with one attached hydrogen (secondary N) is 2. The topological polar surface area (TPSA) is 137 Å². The quantitative estimate of drug-likeness (QED) is 0.209. The summed E-state index contributed by atoms with van der Waals surface area (Å²) in [6, 6.07) is 12.1. The Morgan fingerprint density at radius 1 is 0.917 bits per heavy atom. The molecule has 0 saturated heterocycles. The molecule has 0 aliphatic rings. The normalized spacial score (nSPS) is 11.3. The van der Waals surface area contributed by atoms with Crippen LogP contribution in [0.25, 0.3) is 6.08 Å². The molecule has 10 nitrogen and oxygen atoms in total. The highest BCUT2D eigenvalue weighted by molar-refractivity contribution is 5.96. The van der Waals surface area contributed by atoms with Crippen molar-refractivity contribution in [1.82, 2.24) is 10.6 Å². The number of ether oxygens (including phenoxy) is 3. The van der Waals surface area contributed by atoms with Gasteiger partial charge in [0.1, 0.15) is 6.04 Å². The van der Waals surface area contributed by atoms with Crippen LogP contribution in [0.4, 0.5) is 0 Å². The monoisotopic (exact) mass is 496 g/mol. The summed E-state index contributed by atoms with van der Waals surface area (Å²) in [6.45, 7) is 2.69. The van der Waals surface area contributed by atoms with Crippen LogP contribution >= 0.6 is 0 Å². The second-order valence-corrected chi connectivity index (χ2v) is 7.58. The lowest BCUT2D eigenvalue weighted by Crippen LogP contribution is -2.42. The lowest BCUT2D eigenvalue weighted by atomic mass is 10.1. The van der Waals surface area contributed by atoms with Gasteiger partial charge in [-0.25, -0.2) is 4.79 Å². The largest absolute Gasteiger partial charge is 0.467 e. The summed E-state index contributed by atoms with van der Waals surface area (Å²) < 4.78 is 14.8. The Hall–Kier alpha value is -4.47. The van der Waals surface area contributed by atoms with Gasteiger partial charge in [0.15, 0.2) is 11.5 Å². The number of carbonyl (C=O) groups is 5. The van der Waals surface area contributed by atoms with Gasteiger partial charge in [0.05, 0.1) is 7.11 Å². The van der Waals surface area contributed by atoms with Crippen LogP contribution in [0, 0.1) is 0 Å². The number of rotatable bonds is 11. The molecule has 0 aliphatic heterocycles. The van der Waals surface area contributed by atoms with E-state index in [0.717, 1.165) is 0 Å². The van der Waals surface area contributed by atoms with Gasteiger partial charge in [0.25, 0.3) is 5.91 Å². The molecule has 0 fully saturated rings. The highest BCUT2D eigenvalue weighted by atomic mass is 16.6. The van der Waals surface area contributed by atoms with Crippen LogP contribution in [0.5, 0.6) is 11.5 Å². The summed E-state index contributed by atoms with van der Waals surface area (Å²) in [7, 11) is 1.24. The lowest BCUT2D eigenvalue weighted by Gasteiger charge is -2.16. The van der Waals surface area contributed by atoms with Crippen molar-refractivity contribution in [2.24, 2.45) is 0 Å². The van der Waals surface area contributed by atoms with E-state index in [1.807, 2.05) is 0 Å². The van der Waals surface area contributed by atoms with E-state index in [0.29, 0.717) is 17.5 Å². The van der Waals surface area contributed by atoms with E-state index in [9.17, 15) is 24.0 Å². The second kappa shape index (κ2) is 14.1. The first-order chi connectivity index (χ1) is 17.2. The maximum atomic E-state index is 12.3. The molecule has 2 amide bonds. The molecule has 0 bridgehead atoms. The molecule has 0 aromatic heterocycles. The van der Waals surface area contributed by atoms with Gasteiger partial charge in [-0.05, 0) is 48.7 Å². The molecule has 0 heterocycles. The summed E-state index contributed by atoms with van der Waals surface area (Å²) in [6.07, 6.45) is 3.45. The van der Waals surface area contributed by atoms with Crippen molar-refractivity contribution < 1.29 is 38.2 Å². The van der Waals surface area contributed by atoms with Crippen LogP contribution in [0.3, 0.4) is 0 Å². The summed E-state index contributed by atoms with van der Waals surface area (Å²) in [4.78, 5) is 59.1. The molecule has 10 heteroatoms. The Morgan fingerprint density at radius 3 is 2.22 bits per heavy atom. The fraction of sp³-hybridized carbons (Fsp3) is 0.269. The Morgan fingerprint density at radius 2 is 1.58 bits per heavy atom. The number of hydrogen-bond donors (Lipinski definition) is 2. The highest BCUT2D eigenvalue weighted by Crippen LogP contribution is 2.29. The molecular weight excluding hydrogens is 468 g/mol. The van der Waals surface area contributed by atoms with E-state index >= 15 is 0 Å². The van der Waals surface area contributed by atoms with Crippen molar-refractivity contribution in [1.29, 1.82) is 0 Å². The average Bonchev–Trinajstić information content (AvgIpc) is 2.85. The third-order valence-corrected chi connectivity index (χ3v) is 4.70. The molecule has 1 atom stereocenters. The first-order valence-electron chi connectivity index (χ1n) is 11.1. The third kappa shape index (κ3) is 9.41. The maximum absolute atomic E-state index is 12.3. The minimum Gasteiger partial charge on any atom is -0.467 e. The van der Waals surface area contributed by atoms with Gasteiger partial charge in [-0.3, -0.25) is 19.2 Å². The fourth-order valence-corrected chi connectivity index (χ4v) is 3.07. The molecule has 0 radical (unpaired) electrons. The van der Waals surface area contributed by atoms with Gasteiger partial charge < -0.3 is 24.8 Å². The Bertz CT molecular complexity index is 1130. The summed E-state index contributed by atoms with van der Waals surface area (Å²) >= 11 is 0. The summed E-state index contributed by atoms with van der Waals surface area (Å²) in [5.74, 6) is -2.40. The molecular formula is C26H28N2O8. The molecule has 0 aliphatic carbocycles. The highest BCUT2D eigenvalue weighted by Gasteiger charge is 2.21. The van der Waals surface area contributed by atoms with Crippen molar-refractivity contribution >= 4 is 35.8 Å². The zero-order chi connectivity index (χ0) is 26.5. The van der Waals surface area contributed by atoms with Crippen LogP contribution in [0.15, 0.2) is 54.6 Å². The van der Waals surface area contributed by atoms with Gasteiger partial charge >= 0.3 is 17.9 Å². The minimum atomic E-state index is -0.856. The standard InChI is InChI=1S/C26H28N2O8/c1-17(29)35-22-13-11-19(16-23(22)36-18(2)30)12-14-24(31)27-15-7-10-21(26(33)34-3)28-25(32)20-8-5-4-6-9-20/h4-6,8-9,11-14,16,21H,7,10,15H2,1-3H3,(H,27,31)(H,28,32)/b14-12+/t21-/m0/s1. The van der Waals surface area contributed by atoms with Crippen molar-refractivity contribution in [3.63, 3.8) is 0 Å². The third-order valence-electron chi connectivity index (χ3n) is 4.70.